The molecule has 1 unspecified atom stereocenters. The van der Waals surface area contributed by atoms with E-state index in [1.54, 1.807) is 11.8 Å². The number of rotatable bonds is 6. The molecule has 0 aliphatic carbocycles. The zero-order valence-corrected chi connectivity index (χ0v) is 12.6. The van der Waals surface area contributed by atoms with Gasteiger partial charge in [-0.05, 0) is 36.0 Å². The van der Waals surface area contributed by atoms with E-state index >= 15 is 0 Å². The zero-order valence-electron chi connectivity index (χ0n) is 9.73. The Morgan fingerprint density at radius 2 is 1.76 bits per heavy atom. The van der Waals surface area contributed by atoms with Crippen LogP contribution in [0.25, 0.3) is 0 Å². The summed E-state index contributed by atoms with van der Waals surface area (Å²) in [5, 5.41) is 0. The molecule has 1 aromatic rings. The van der Waals surface area contributed by atoms with Crippen molar-refractivity contribution in [1.82, 2.24) is 0 Å². The summed E-state index contributed by atoms with van der Waals surface area (Å²) in [4.78, 5) is 2.23. The van der Waals surface area contributed by atoms with E-state index in [2.05, 4.69) is 47.2 Å². The SMILES string of the molecule is C=C(/C=C\C(=C)CSc1ccc(S)cc1)CP. The molecule has 0 bridgehead atoms. The smallest absolute Gasteiger partial charge is 0.0226 e. The Bertz CT molecular complexity index is 418. The second kappa shape index (κ2) is 7.81. The minimum absolute atomic E-state index is 0.895. The van der Waals surface area contributed by atoms with Crippen LogP contribution in [0.4, 0.5) is 0 Å². The topological polar surface area (TPSA) is 0 Å². The fourth-order valence-corrected chi connectivity index (χ4v) is 2.13. The summed E-state index contributed by atoms with van der Waals surface area (Å²) in [7, 11) is 2.66. The van der Waals surface area contributed by atoms with Crippen molar-refractivity contribution in [2.75, 3.05) is 11.9 Å². The summed E-state index contributed by atoms with van der Waals surface area (Å²) < 4.78 is 0. The molecule has 0 amide bonds. The summed E-state index contributed by atoms with van der Waals surface area (Å²) in [6.45, 7) is 7.93. The van der Waals surface area contributed by atoms with Crippen LogP contribution in [0.2, 0.25) is 0 Å². The van der Waals surface area contributed by atoms with E-state index < -0.39 is 0 Å². The van der Waals surface area contributed by atoms with E-state index in [0.717, 1.165) is 28.0 Å². The van der Waals surface area contributed by atoms with Gasteiger partial charge in [-0.15, -0.1) is 33.6 Å². The van der Waals surface area contributed by atoms with Crippen LogP contribution >= 0.6 is 33.6 Å². The highest BCUT2D eigenvalue weighted by molar-refractivity contribution is 7.99. The summed E-state index contributed by atoms with van der Waals surface area (Å²) in [5.41, 5.74) is 2.20. The minimum Gasteiger partial charge on any atom is -0.143 e. The molecule has 0 spiro atoms. The van der Waals surface area contributed by atoms with Gasteiger partial charge in [0.25, 0.3) is 0 Å². The average molecular weight is 280 g/mol. The van der Waals surface area contributed by atoms with Crippen LogP contribution < -0.4 is 0 Å². The highest BCUT2D eigenvalue weighted by atomic mass is 32.2. The van der Waals surface area contributed by atoms with E-state index in [0.29, 0.717) is 0 Å². The van der Waals surface area contributed by atoms with Gasteiger partial charge in [0.15, 0.2) is 0 Å². The van der Waals surface area contributed by atoms with E-state index in [4.69, 9.17) is 0 Å². The Morgan fingerprint density at radius 3 is 2.35 bits per heavy atom. The van der Waals surface area contributed by atoms with Gasteiger partial charge in [-0.3, -0.25) is 0 Å². The molecule has 0 aromatic heterocycles. The first-order valence-electron chi connectivity index (χ1n) is 5.27. The van der Waals surface area contributed by atoms with Crippen LogP contribution in [-0.4, -0.2) is 11.9 Å². The standard InChI is InChI=1S/C14H17PS2/c1-11(9-15)3-4-12(2)10-17-14-7-5-13(16)6-8-14/h3-8,16H,1-2,9-10,15H2/b4-3-. The van der Waals surface area contributed by atoms with Gasteiger partial charge < -0.3 is 0 Å². The van der Waals surface area contributed by atoms with Gasteiger partial charge in [0, 0.05) is 15.5 Å². The lowest BCUT2D eigenvalue weighted by Gasteiger charge is -2.02. The van der Waals surface area contributed by atoms with Crippen molar-refractivity contribution in [2.24, 2.45) is 0 Å². The monoisotopic (exact) mass is 280 g/mol. The molecule has 90 valence electrons. The molecule has 0 aliphatic rings. The summed E-state index contributed by atoms with van der Waals surface area (Å²) in [5.74, 6) is 0.895. The maximum absolute atomic E-state index is 4.26. The number of benzene rings is 1. The highest BCUT2D eigenvalue weighted by Gasteiger charge is 1.95. The average Bonchev–Trinajstić information content (AvgIpc) is 2.35. The molecule has 0 N–H and O–H groups in total. The molecule has 0 saturated carbocycles. The van der Waals surface area contributed by atoms with Crippen LogP contribution in [0.1, 0.15) is 0 Å². The Balaban J connectivity index is 2.40. The lowest BCUT2D eigenvalue weighted by molar-refractivity contribution is 1.36. The molecule has 1 aromatic carbocycles. The van der Waals surface area contributed by atoms with Crippen molar-refractivity contribution in [3.8, 4) is 0 Å². The number of thiol groups is 1. The maximum Gasteiger partial charge on any atom is 0.0226 e. The summed E-state index contributed by atoms with van der Waals surface area (Å²) in [6.07, 6.45) is 4.96. The molecular formula is C14H17PS2. The van der Waals surface area contributed by atoms with Gasteiger partial charge in [0.2, 0.25) is 0 Å². The maximum atomic E-state index is 4.26. The Labute approximate surface area is 116 Å². The Kier molecular flexibility index (Phi) is 6.72. The largest absolute Gasteiger partial charge is 0.143 e. The number of hydrogen-bond acceptors (Lipinski definition) is 2. The normalized spacial score (nSPS) is 10.7. The first-order chi connectivity index (χ1) is 8.11. The molecule has 0 fully saturated rings. The highest BCUT2D eigenvalue weighted by Crippen LogP contribution is 2.21. The first kappa shape index (κ1) is 14.6. The predicted molar refractivity (Wildman–Crippen MR) is 86.4 cm³/mol. The lowest BCUT2D eigenvalue weighted by Crippen LogP contribution is -1.82. The molecule has 0 aliphatic heterocycles. The van der Waals surface area contributed by atoms with Gasteiger partial charge in [0.1, 0.15) is 0 Å². The first-order valence-corrected chi connectivity index (χ1v) is 7.52. The molecule has 1 rings (SSSR count). The van der Waals surface area contributed by atoms with Crippen molar-refractivity contribution < 1.29 is 0 Å². The number of thioether (sulfide) groups is 1. The van der Waals surface area contributed by atoms with Crippen molar-refractivity contribution in [3.05, 3.63) is 60.7 Å². The van der Waals surface area contributed by atoms with Gasteiger partial charge >= 0.3 is 0 Å². The molecular weight excluding hydrogens is 263 g/mol. The van der Waals surface area contributed by atoms with Crippen molar-refractivity contribution in [2.45, 2.75) is 9.79 Å². The fraction of sp³-hybridized carbons (Fsp3) is 0.143. The second-order valence-corrected chi connectivity index (χ2v) is 5.61. The molecule has 3 heteroatoms. The van der Waals surface area contributed by atoms with Crippen LogP contribution in [-0.2, 0) is 0 Å². The van der Waals surface area contributed by atoms with Gasteiger partial charge in [-0.2, -0.15) is 0 Å². The van der Waals surface area contributed by atoms with E-state index in [9.17, 15) is 0 Å². The van der Waals surface area contributed by atoms with Gasteiger partial charge in [0.05, 0.1) is 0 Å². The summed E-state index contributed by atoms with van der Waals surface area (Å²) in [6, 6.07) is 8.15. The third-order valence-corrected chi connectivity index (χ3v) is 4.02. The number of hydrogen-bond donors (Lipinski definition) is 1. The van der Waals surface area contributed by atoms with Crippen LogP contribution in [0.15, 0.2) is 70.5 Å². The van der Waals surface area contributed by atoms with Gasteiger partial charge in [-0.1, -0.05) is 30.9 Å². The van der Waals surface area contributed by atoms with E-state index in [1.807, 2.05) is 24.3 Å². The lowest BCUT2D eigenvalue weighted by atomic mass is 10.2. The van der Waals surface area contributed by atoms with Crippen LogP contribution in [0, 0.1) is 0 Å². The molecule has 1 atom stereocenters. The zero-order chi connectivity index (χ0) is 12.7. The van der Waals surface area contributed by atoms with Crippen molar-refractivity contribution >= 4 is 33.6 Å². The van der Waals surface area contributed by atoms with Crippen LogP contribution in [0.5, 0.6) is 0 Å². The van der Waals surface area contributed by atoms with E-state index in [-0.39, 0.29) is 0 Å². The quantitative estimate of drug-likeness (QED) is 0.343. The Morgan fingerprint density at radius 1 is 1.18 bits per heavy atom. The second-order valence-electron chi connectivity index (χ2n) is 3.64. The molecule has 0 saturated heterocycles. The number of allylic oxidation sites excluding steroid dienone is 3. The molecule has 17 heavy (non-hydrogen) atoms. The summed E-state index contributed by atoms with van der Waals surface area (Å²) >= 11 is 6.03. The van der Waals surface area contributed by atoms with E-state index in [1.165, 1.54) is 4.90 Å². The third-order valence-electron chi connectivity index (χ3n) is 2.08. The third kappa shape index (κ3) is 6.16. The molecule has 0 heterocycles. The van der Waals surface area contributed by atoms with Crippen molar-refractivity contribution in [3.63, 3.8) is 0 Å². The minimum atomic E-state index is 0.895. The fourth-order valence-electron chi connectivity index (χ4n) is 1.07. The van der Waals surface area contributed by atoms with Gasteiger partial charge in [-0.25, -0.2) is 0 Å². The molecule has 0 radical (unpaired) electrons. The van der Waals surface area contributed by atoms with Crippen LogP contribution in [0.3, 0.4) is 0 Å². The van der Waals surface area contributed by atoms with Crippen molar-refractivity contribution in [1.29, 1.82) is 0 Å². The molecule has 0 nitrogen and oxygen atoms in total. The Hall–Kier alpha value is -0.430. The predicted octanol–water partition coefficient (Wildman–Crippen LogP) is 4.61.